The molecule has 1 amide bonds. The van der Waals surface area contributed by atoms with Crippen molar-refractivity contribution in [3.63, 3.8) is 0 Å². The lowest BCUT2D eigenvalue weighted by Gasteiger charge is -2.14. The quantitative estimate of drug-likeness (QED) is 0.594. The van der Waals surface area contributed by atoms with Gasteiger partial charge in [-0.15, -0.1) is 0 Å². The summed E-state index contributed by atoms with van der Waals surface area (Å²) in [6.07, 6.45) is -0.191. The predicted molar refractivity (Wildman–Crippen MR) is 114 cm³/mol. The lowest BCUT2D eigenvalue weighted by atomic mass is 10.1. The summed E-state index contributed by atoms with van der Waals surface area (Å²) >= 11 is 0. The van der Waals surface area contributed by atoms with E-state index < -0.39 is 21.0 Å². The molecule has 2 aromatic carbocycles. The average Bonchev–Trinajstić information content (AvgIpc) is 2.75. The molecule has 0 unspecified atom stereocenters. The Morgan fingerprint density at radius 3 is 2.20 bits per heavy atom. The summed E-state index contributed by atoms with van der Waals surface area (Å²) in [6.45, 7) is 1.83. The lowest BCUT2D eigenvalue weighted by Crippen LogP contribution is -2.39. The minimum Gasteiger partial charge on any atom is -0.350 e. The molecule has 0 spiro atoms. The van der Waals surface area contributed by atoms with Gasteiger partial charge in [0.1, 0.15) is 0 Å². The molecule has 0 saturated carbocycles. The van der Waals surface area contributed by atoms with E-state index in [1.54, 1.807) is 0 Å². The van der Waals surface area contributed by atoms with Gasteiger partial charge in [0.25, 0.3) is 0 Å². The molecule has 0 radical (unpaired) electrons. The first-order chi connectivity index (χ1) is 14.1. The highest BCUT2D eigenvalue weighted by Gasteiger charge is 2.19. The number of carbonyl (C=O) groups excluding carboxylic acids is 1. The van der Waals surface area contributed by atoms with E-state index in [4.69, 9.17) is 0 Å². The van der Waals surface area contributed by atoms with Crippen molar-refractivity contribution in [2.45, 2.75) is 24.3 Å². The summed E-state index contributed by atoms with van der Waals surface area (Å²) in [5.74, 6) is -0.739. The topological polar surface area (TPSA) is 107 Å². The highest BCUT2D eigenvalue weighted by atomic mass is 32.2. The number of nitrogens with one attached hydrogen (secondary N) is 1. The fraction of sp³-hybridized carbons (Fsp3) is 0.286. The van der Waals surface area contributed by atoms with Crippen molar-refractivity contribution in [2.75, 3.05) is 5.75 Å². The molecule has 1 N–H and O–H groups in total. The Kier molecular flexibility index (Phi) is 5.93. The van der Waals surface area contributed by atoms with Crippen molar-refractivity contribution >= 4 is 26.8 Å². The number of hydrogen-bond acceptors (Lipinski definition) is 5. The lowest BCUT2D eigenvalue weighted by molar-refractivity contribution is -0.121. The summed E-state index contributed by atoms with van der Waals surface area (Å²) in [5.41, 5.74) is 0.259. The maximum Gasteiger partial charge on any atom is 0.316 e. The van der Waals surface area contributed by atoms with Crippen LogP contribution in [-0.4, -0.2) is 29.2 Å². The summed E-state index contributed by atoms with van der Waals surface area (Å²) in [4.78, 5) is 36.2. The molecule has 0 bridgehead atoms. The number of benzene rings is 2. The van der Waals surface area contributed by atoms with Crippen LogP contribution in [0.4, 0.5) is 0 Å². The van der Waals surface area contributed by atoms with Crippen LogP contribution in [0.1, 0.15) is 24.9 Å². The number of fused-ring (bicyclic) bond motifs is 1. The maximum atomic E-state index is 12.7. The van der Waals surface area contributed by atoms with Gasteiger partial charge < -0.3 is 14.5 Å². The molecule has 158 valence electrons. The Labute approximate surface area is 173 Å². The number of aromatic nitrogens is 2. The molecule has 0 aliphatic heterocycles. The minimum atomic E-state index is -3.76. The minimum absolute atomic E-state index is 0.00689. The average molecular weight is 429 g/mol. The fourth-order valence-electron chi connectivity index (χ4n) is 3.24. The largest absolute Gasteiger partial charge is 0.350 e. The Balaban J connectivity index is 1.79. The summed E-state index contributed by atoms with van der Waals surface area (Å²) in [6, 6.07) is 13.4. The van der Waals surface area contributed by atoms with Crippen molar-refractivity contribution < 1.29 is 13.2 Å². The van der Waals surface area contributed by atoms with Gasteiger partial charge in [-0.3, -0.25) is 14.4 Å². The highest BCUT2D eigenvalue weighted by Crippen LogP contribution is 2.19. The zero-order chi connectivity index (χ0) is 22.1. The molecule has 1 aromatic heterocycles. The van der Waals surface area contributed by atoms with E-state index in [1.807, 2.05) is 37.3 Å². The summed E-state index contributed by atoms with van der Waals surface area (Å²) in [7, 11) is -0.889. The van der Waals surface area contributed by atoms with Crippen molar-refractivity contribution in [1.82, 2.24) is 14.5 Å². The van der Waals surface area contributed by atoms with Crippen LogP contribution in [0.25, 0.3) is 11.0 Å². The molecule has 0 fully saturated rings. The monoisotopic (exact) mass is 429 g/mol. The van der Waals surface area contributed by atoms with Gasteiger partial charge in [0.15, 0.2) is 9.84 Å². The Morgan fingerprint density at radius 2 is 1.57 bits per heavy atom. The van der Waals surface area contributed by atoms with Gasteiger partial charge in [0.05, 0.1) is 27.7 Å². The van der Waals surface area contributed by atoms with Crippen LogP contribution in [0.3, 0.4) is 0 Å². The molecule has 0 aliphatic rings. The van der Waals surface area contributed by atoms with E-state index in [0.29, 0.717) is 11.0 Å². The van der Waals surface area contributed by atoms with E-state index in [9.17, 15) is 22.8 Å². The van der Waals surface area contributed by atoms with Crippen LogP contribution in [-0.2, 0) is 28.7 Å². The van der Waals surface area contributed by atoms with Gasteiger partial charge in [0, 0.05) is 20.5 Å². The molecule has 1 atom stereocenters. The van der Waals surface area contributed by atoms with Crippen LogP contribution in [0.5, 0.6) is 0 Å². The zero-order valence-corrected chi connectivity index (χ0v) is 17.8. The zero-order valence-electron chi connectivity index (χ0n) is 17.0. The van der Waals surface area contributed by atoms with Crippen molar-refractivity contribution in [2.24, 2.45) is 14.1 Å². The second kappa shape index (κ2) is 8.27. The predicted octanol–water partition coefficient (Wildman–Crippen LogP) is 1.28. The molecule has 9 heteroatoms. The number of amides is 1. The molecule has 30 heavy (non-hydrogen) atoms. The van der Waals surface area contributed by atoms with Gasteiger partial charge in [-0.05, 0) is 30.7 Å². The van der Waals surface area contributed by atoms with Crippen LogP contribution in [0.2, 0.25) is 0 Å². The van der Waals surface area contributed by atoms with Crippen LogP contribution in [0.15, 0.2) is 63.0 Å². The number of sulfone groups is 1. The fourth-order valence-corrected chi connectivity index (χ4v) is 4.49. The molecule has 8 nitrogen and oxygen atoms in total. The molecule has 3 aromatic rings. The van der Waals surface area contributed by atoms with Gasteiger partial charge in [-0.2, -0.15) is 0 Å². The normalized spacial score (nSPS) is 12.6. The van der Waals surface area contributed by atoms with E-state index in [0.717, 1.165) is 10.1 Å². The first kappa shape index (κ1) is 21.5. The van der Waals surface area contributed by atoms with Crippen molar-refractivity contribution in [3.8, 4) is 0 Å². The van der Waals surface area contributed by atoms with Gasteiger partial charge in [-0.1, -0.05) is 30.3 Å². The first-order valence-corrected chi connectivity index (χ1v) is 11.0. The standard InChI is InChI=1S/C21H23N3O5S/c1-14(15-7-5-4-6-8-15)22-19(25)11-12-30(28,29)16-9-10-17-18(13-16)24(3)21(27)20(26)23(17)2/h4-10,13-14H,11-12H2,1-3H3,(H,22,25)/t14-/m1/s1. The number of nitrogens with zero attached hydrogens (tertiary/aromatic N) is 2. The van der Waals surface area contributed by atoms with E-state index in [-0.39, 0.29) is 29.0 Å². The molecular formula is C21H23N3O5S. The molecule has 0 aliphatic carbocycles. The highest BCUT2D eigenvalue weighted by molar-refractivity contribution is 7.91. The van der Waals surface area contributed by atoms with Gasteiger partial charge >= 0.3 is 11.1 Å². The number of hydrogen-bond donors (Lipinski definition) is 1. The van der Waals surface area contributed by atoms with Gasteiger partial charge in [0.2, 0.25) is 5.91 Å². The van der Waals surface area contributed by atoms with Crippen molar-refractivity contribution in [3.05, 3.63) is 74.8 Å². The smallest absolute Gasteiger partial charge is 0.316 e. The third-order valence-corrected chi connectivity index (χ3v) is 6.81. The Morgan fingerprint density at radius 1 is 0.967 bits per heavy atom. The van der Waals surface area contributed by atoms with Gasteiger partial charge in [-0.25, -0.2) is 8.42 Å². The van der Waals surface area contributed by atoms with Crippen LogP contribution in [0, 0.1) is 0 Å². The summed E-state index contributed by atoms with van der Waals surface area (Å²) in [5, 5.41) is 2.79. The third-order valence-electron chi connectivity index (χ3n) is 5.10. The van der Waals surface area contributed by atoms with E-state index in [1.165, 1.54) is 36.9 Å². The maximum absolute atomic E-state index is 12.7. The van der Waals surface area contributed by atoms with Crippen molar-refractivity contribution in [1.29, 1.82) is 0 Å². The molecule has 3 rings (SSSR count). The second-order valence-corrected chi connectivity index (χ2v) is 9.26. The number of rotatable bonds is 6. The second-order valence-electron chi connectivity index (χ2n) is 7.15. The third kappa shape index (κ3) is 4.20. The first-order valence-electron chi connectivity index (χ1n) is 9.38. The van der Waals surface area contributed by atoms with Crippen LogP contribution >= 0.6 is 0 Å². The Bertz CT molecular complexity index is 1320. The SMILES string of the molecule is C[C@@H](NC(=O)CCS(=O)(=O)c1ccc2c(c1)n(C)c(=O)c(=O)n2C)c1ccccc1. The molecule has 1 heterocycles. The Hall–Kier alpha value is -3.20. The van der Waals surface area contributed by atoms with Crippen LogP contribution < -0.4 is 16.4 Å². The molecule has 0 saturated heterocycles. The van der Waals surface area contributed by atoms with E-state index >= 15 is 0 Å². The van der Waals surface area contributed by atoms with E-state index in [2.05, 4.69) is 5.32 Å². The molecular weight excluding hydrogens is 406 g/mol. The number of aryl methyl sites for hydroxylation is 2. The summed E-state index contributed by atoms with van der Waals surface area (Å²) < 4.78 is 27.8. The number of carbonyl (C=O) groups is 1.